The summed E-state index contributed by atoms with van der Waals surface area (Å²) in [6.07, 6.45) is 28.8. The average molecular weight is 723 g/mol. The summed E-state index contributed by atoms with van der Waals surface area (Å²) >= 11 is 0. The Morgan fingerprint density at radius 1 is 0.686 bits per heavy atom. The molecule has 51 heavy (non-hydrogen) atoms. The molecular weight excluding hydrogens is 644 g/mol. The standard InChI is InChI=1S/C43H78O8/c1-4-5-20-26-36(44)30-31-39-38(40(46)32-41(39)47)27-22-18-19-24-29-43(49)51-34-37(45)33-50-42(48)28-23-17-15-13-11-9-7-6-8-10-12-14-16-21-25-35(2)3/h30-31,35-39,41,44-45,47H,4-29,32-34H2,1-3H3/b31-30+/t36-,37-,38+,39+,41+/m0/s1. The van der Waals surface area contributed by atoms with E-state index in [1.165, 1.54) is 77.0 Å². The van der Waals surface area contributed by atoms with Gasteiger partial charge in [-0.3, -0.25) is 14.4 Å². The molecule has 0 radical (unpaired) electrons. The van der Waals surface area contributed by atoms with E-state index >= 15 is 0 Å². The summed E-state index contributed by atoms with van der Waals surface area (Å²) in [4.78, 5) is 36.6. The van der Waals surface area contributed by atoms with Crippen molar-refractivity contribution in [1.82, 2.24) is 0 Å². The number of aliphatic hydroxyl groups excluding tert-OH is 3. The summed E-state index contributed by atoms with van der Waals surface area (Å²) in [6, 6.07) is 0. The van der Waals surface area contributed by atoms with E-state index in [1.54, 1.807) is 6.08 Å². The minimum Gasteiger partial charge on any atom is -0.463 e. The van der Waals surface area contributed by atoms with Crippen LogP contribution in [0.15, 0.2) is 12.2 Å². The molecule has 1 saturated carbocycles. The number of rotatable bonds is 34. The molecule has 0 aromatic carbocycles. The van der Waals surface area contributed by atoms with Crippen LogP contribution in [-0.2, 0) is 23.9 Å². The zero-order valence-electron chi connectivity index (χ0n) is 33.0. The van der Waals surface area contributed by atoms with E-state index in [4.69, 9.17) is 9.47 Å². The molecule has 1 fully saturated rings. The second-order valence-corrected chi connectivity index (χ2v) is 15.7. The van der Waals surface area contributed by atoms with Gasteiger partial charge in [-0.15, -0.1) is 0 Å². The molecule has 0 spiro atoms. The largest absolute Gasteiger partial charge is 0.463 e. The summed E-state index contributed by atoms with van der Waals surface area (Å²) in [6.45, 7) is 6.36. The summed E-state index contributed by atoms with van der Waals surface area (Å²) in [5, 5.41) is 30.6. The predicted molar refractivity (Wildman–Crippen MR) is 206 cm³/mol. The Hall–Kier alpha value is -1.77. The highest BCUT2D eigenvalue weighted by Gasteiger charge is 2.39. The van der Waals surface area contributed by atoms with Crippen LogP contribution in [0.1, 0.15) is 194 Å². The Kier molecular flexibility index (Phi) is 29.4. The van der Waals surface area contributed by atoms with Crippen molar-refractivity contribution in [3.63, 3.8) is 0 Å². The maximum atomic E-state index is 12.5. The fraction of sp³-hybridized carbons (Fsp3) is 0.884. The molecule has 0 aromatic heterocycles. The number of aliphatic hydroxyl groups is 3. The summed E-state index contributed by atoms with van der Waals surface area (Å²) in [5.74, 6) is -0.261. The summed E-state index contributed by atoms with van der Waals surface area (Å²) in [7, 11) is 0. The number of carbonyl (C=O) groups excluding carboxylic acids is 3. The second kappa shape index (κ2) is 31.7. The number of ketones is 1. The van der Waals surface area contributed by atoms with Crippen molar-refractivity contribution in [3.05, 3.63) is 12.2 Å². The minimum atomic E-state index is -1.04. The van der Waals surface area contributed by atoms with Crippen molar-refractivity contribution in [2.75, 3.05) is 13.2 Å². The number of ether oxygens (including phenoxy) is 2. The smallest absolute Gasteiger partial charge is 0.305 e. The third-order valence-electron chi connectivity index (χ3n) is 10.3. The third kappa shape index (κ3) is 26.6. The van der Waals surface area contributed by atoms with Gasteiger partial charge in [0.05, 0.1) is 12.2 Å². The van der Waals surface area contributed by atoms with Crippen molar-refractivity contribution >= 4 is 17.7 Å². The molecule has 0 bridgehead atoms. The molecule has 0 saturated heterocycles. The highest BCUT2D eigenvalue weighted by Crippen LogP contribution is 2.34. The van der Waals surface area contributed by atoms with Crippen molar-refractivity contribution in [2.45, 2.75) is 212 Å². The Morgan fingerprint density at radius 2 is 1.14 bits per heavy atom. The molecule has 1 aliphatic carbocycles. The summed E-state index contributed by atoms with van der Waals surface area (Å²) in [5.41, 5.74) is 0. The van der Waals surface area contributed by atoms with E-state index in [2.05, 4.69) is 20.8 Å². The lowest BCUT2D eigenvalue weighted by atomic mass is 9.88. The Morgan fingerprint density at radius 3 is 1.63 bits per heavy atom. The van der Waals surface area contributed by atoms with Crippen LogP contribution in [0.2, 0.25) is 0 Å². The fourth-order valence-electron chi connectivity index (χ4n) is 7.05. The molecule has 0 aliphatic heterocycles. The van der Waals surface area contributed by atoms with Crippen molar-refractivity contribution in [3.8, 4) is 0 Å². The van der Waals surface area contributed by atoms with Gasteiger partial charge in [0, 0.05) is 31.1 Å². The highest BCUT2D eigenvalue weighted by atomic mass is 16.6. The SMILES string of the molecule is CCCCC[C@H](O)/C=C/[C@H]1[C@H](O)CC(=O)[C@@H]1CCCCCCC(=O)OC[C@@H](O)COC(=O)CCCCCCCCCCCCCCCCC(C)C. The molecule has 5 atom stereocenters. The van der Waals surface area contributed by atoms with Crippen LogP contribution in [-0.4, -0.2) is 64.6 Å². The zero-order chi connectivity index (χ0) is 37.5. The lowest BCUT2D eigenvalue weighted by molar-refractivity contribution is -0.152. The van der Waals surface area contributed by atoms with Gasteiger partial charge < -0.3 is 24.8 Å². The molecule has 8 nitrogen and oxygen atoms in total. The lowest BCUT2D eigenvalue weighted by Gasteiger charge is -2.18. The minimum absolute atomic E-state index is 0.0838. The maximum absolute atomic E-state index is 12.5. The molecule has 298 valence electrons. The highest BCUT2D eigenvalue weighted by molar-refractivity contribution is 5.84. The normalized spacial score (nSPS) is 18.9. The van der Waals surface area contributed by atoms with Crippen LogP contribution in [0.25, 0.3) is 0 Å². The monoisotopic (exact) mass is 723 g/mol. The molecule has 1 rings (SSSR count). The van der Waals surface area contributed by atoms with Gasteiger partial charge >= 0.3 is 11.9 Å². The van der Waals surface area contributed by atoms with Crippen LogP contribution >= 0.6 is 0 Å². The Balaban J connectivity index is 1.97. The van der Waals surface area contributed by atoms with Crippen molar-refractivity contribution < 1.29 is 39.2 Å². The zero-order valence-corrected chi connectivity index (χ0v) is 33.0. The predicted octanol–water partition coefficient (Wildman–Crippen LogP) is 9.74. The molecule has 3 N–H and O–H groups in total. The van der Waals surface area contributed by atoms with E-state index in [9.17, 15) is 29.7 Å². The average Bonchev–Trinajstić information content (AvgIpc) is 3.37. The Bertz CT molecular complexity index is 902. The lowest BCUT2D eigenvalue weighted by Crippen LogP contribution is -2.25. The van der Waals surface area contributed by atoms with Crippen LogP contribution in [0.4, 0.5) is 0 Å². The number of Topliss-reactive ketones (excluding diaryl/α,β-unsaturated/α-hetero) is 1. The second-order valence-electron chi connectivity index (χ2n) is 15.7. The van der Waals surface area contributed by atoms with Crippen LogP contribution in [0.3, 0.4) is 0 Å². The first-order chi connectivity index (χ1) is 24.6. The van der Waals surface area contributed by atoms with Gasteiger partial charge in [0.15, 0.2) is 0 Å². The number of hydrogen-bond donors (Lipinski definition) is 3. The molecule has 1 aliphatic rings. The quantitative estimate of drug-likeness (QED) is 0.0340. The molecule has 0 unspecified atom stereocenters. The first kappa shape index (κ1) is 47.3. The number of unbranched alkanes of at least 4 members (excludes halogenated alkanes) is 18. The molecular formula is C43H78O8. The topological polar surface area (TPSA) is 130 Å². The number of esters is 2. The van der Waals surface area contributed by atoms with E-state index < -0.39 is 18.3 Å². The molecule has 0 heterocycles. The van der Waals surface area contributed by atoms with Gasteiger partial charge in [0.25, 0.3) is 0 Å². The van der Waals surface area contributed by atoms with E-state index in [0.29, 0.717) is 25.7 Å². The van der Waals surface area contributed by atoms with Gasteiger partial charge in [0.2, 0.25) is 0 Å². The first-order valence-electron chi connectivity index (χ1n) is 21.2. The summed E-state index contributed by atoms with van der Waals surface area (Å²) < 4.78 is 10.3. The van der Waals surface area contributed by atoms with Crippen molar-refractivity contribution in [2.24, 2.45) is 17.8 Å². The maximum Gasteiger partial charge on any atom is 0.305 e. The van der Waals surface area contributed by atoms with Gasteiger partial charge in [-0.25, -0.2) is 0 Å². The van der Waals surface area contributed by atoms with Crippen LogP contribution in [0, 0.1) is 17.8 Å². The van der Waals surface area contributed by atoms with E-state index in [-0.39, 0.29) is 55.6 Å². The van der Waals surface area contributed by atoms with Gasteiger partial charge in [-0.1, -0.05) is 161 Å². The van der Waals surface area contributed by atoms with Gasteiger partial charge in [-0.05, 0) is 31.6 Å². The number of carbonyl (C=O) groups is 3. The molecule has 0 aromatic rings. The van der Waals surface area contributed by atoms with Gasteiger partial charge in [-0.2, -0.15) is 0 Å². The van der Waals surface area contributed by atoms with E-state index in [0.717, 1.165) is 63.7 Å². The van der Waals surface area contributed by atoms with Crippen LogP contribution in [0.5, 0.6) is 0 Å². The first-order valence-corrected chi connectivity index (χ1v) is 21.2. The van der Waals surface area contributed by atoms with Crippen LogP contribution < -0.4 is 0 Å². The van der Waals surface area contributed by atoms with Crippen molar-refractivity contribution in [1.29, 1.82) is 0 Å². The fourth-order valence-corrected chi connectivity index (χ4v) is 7.05. The Labute approximate surface area is 311 Å². The van der Waals surface area contributed by atoms with Gasteiger partial charge in [0.1, 0.15) is 25.1 Å². The van der Waals surface area contributed by atoms with E-state index in [1.807, 2.05) is 6.08 Å². The third-order valence-corrected chi connectivity index (χ3v) is 10.3. The number of hydrogen-bond acceptors (Lipinski definition) is 8. The molecule has 0 amide bonds. The molecule has 8 heteroatoms.